The highest BCUT2D eigenvalue weighted by Crippen LogP contribution is 2.39. The van der Waals surface area contributed by atoms with E-state index in [9.17, 15) is 26.0 Å². The Kier molecular flexibility index (Phi) is 5.09. The van der Waals surface area contributed by atoms with Crippen LogP contribution in [-0.2, 0) is 10.0 Å². The van der Waals surface area contributed by atoms with Crippen molar-refractivity contribution >= 4 is 31.6 Å². The lowest BCUT2D eigenvalue weighted by molar-refractivity contribution is -0.275. The second-order valence-corrected chi connectivity index (χ2v) is 7.24. The van der Waals surface area contributed by atoms with E-state index in [1.165, 1.54) is 24.3 Å². The molecular weight excluding hydrogens is 418 g/mol. The second-order valence-electron chi connectivity index (χ2n) is 4.70. The van der Waals surface area contributed by atoms with Crippen LogP contribution in [0.15, 0.2) is 45.8 Å². The number of rotatable bonds is 4. The van der Waals surface area contributed by atoms with Crippen LogP contribution in [0.2, 0.25) is 0 Å². The molecule has 0 radical (unpaired) electrons. The van der Waals surface area contributed by atoms with Crippen LogP contribution < -0.4 is 9.46 Å². The number of hydrogen-bond donors (Lipinski definition) is 1. The van der Waals surface area contributed by atoms with Gasteiger partial charge in [0.25, 0.3) is 10.0 Å². The normalized spacial score (nSPS) is 12.1. The number of sulfonamides is 1. The minimum Gasteiger partial charge on any atom is -0.400 e. The van der Waals surface area contributed by atoms with Gasteiger partial charge in [-0.25, -0.2) is 12.8 Å². The summed E-state index contributed by atoms with van der Waals surface area (Å²) in [5.74, 6) is -2.63. The lowest BCUT2D eigenvalue weighted by Crippen LogP contribution is -2.21. The van der Waals surface area contributed by atoms with Gasteiger partial charge in [-0.05, 0) is 47.1 Å². The van der Waals surface area contributed by atoms with Crippen LogP contribution in [0.3, 0.4) is 0 Å². The first-order chi connectivity index (χ1) is 11.0. The SMILES string of the molecule is Cc1ccc(S(=O)(=O)Nc2c(Br)ccc(F)c2OC(F)(F)F)cc1. The summed E-state index contributed by atoms with van der Waals surface area (Å²) < 4.78 is 81.1. The Bertz CT molecular complexity index is 852. The summed E-state index contributed by atoms with van der Waals surface area (Å²) in [5.41, 5.74) is 0.106. The number of hydrogen-bond acceptors (Lipinski definition) is 3. The molecule has 130 valence electrons. The second kappa shape index (κ2) is 6.60. The van der Waals surface area contributed by atoms with Crippen LogP contribution in [0.4, 0.5) is 23.2 Å². The quantitative estimate of drug-likeness (QED) is 0.725. The monoisotopic (exact) mass is 427 g/mol. The summed E-state index contributed by atoms with van der Waals surface area (Å²) in [7, 11) is -4.24. The Hall–Kier alpha value is -1.81. The maximum absolute atomic E-state index is 13.7. The van der Waals surface area contributed by atoms with E-state index < -0.39 is 33.6 Å². The summed E-state index contributed by atoms with van der Waals surface area (Å²) in [4.78, 5) is -0.192. The van der Waals surface area contributed by atoms with Gasteiger partial charge in [-0.1, -0.05) is 17.7 Å². The molecule has 0 aliphatic heterocycles. The van der Waals surface area contributed by atoms with E-state index >= 15 is 0 Å². The first-order valence-corrected chi connectivity index (χ1v) is 8.60. The van der Waals surface area contributed by atoms with E-state index in [2.05, 4.69) is 20.7 Å². The van der Waals surface area contributed by atoms with E-state index in [1.807, 2.05) is 4.72 Å². The summed E-state index contributed by atoms with van der Waals surface area (Å²) in [6.45, 7) is 1.74. The maximum atomic E-state index is 13.7. The third-order valence-electron chi connectivity index (χ3n) is 2.84. The fraction of sp³-hybridized carbons (Fsp3) is 0.143. The topological polar surface area (TPSA) is 55.4 Å². The molecule has 0 aliphatic carbocycles. The van der Waals surface area contributed by atoms with E-state index in [4.69, 9.17) is 0 Å². The van der Waals surface area contributed by atoms with Crippen LogP contribution in [0, 0.1) is 12.7 Å². The fourth-order valence-electron chi connectivity index (χ4n) is 1.75. The highest BCUT2D eigenvalue weighted by atomic mass is 79.9. The van der Waals surface area contributed by atoms with Gasteiger partial charge < -0.3 is 4.74 Å². The lowest BCUT2D eigenvalue weighted by Gasteiger charge is -2.17. The molecule has 0 spiro atoms. The van der Waals surface area contributed by atoms with Crippen molar-refractivity contribution in [3.05, 3.63) is 52.3 Å². The molecule has 0 amide bonds. The van der Waals surface area contributed by atoms with Gasteiger partial charge in [0, 0.05) is 4.47 Å². The van der Waals surface area contributed by atoms with Gasteiger partial charge in [0.1, 0.15) is 5.69 Å². The number of anilines is 1. The number of benzene rings is 2. The largest absolute Gasteiger partial charge is 0.573 e. The molecule has 0 saturated carbocycles. The maximum Gasteiger partial charge on any atom is 0.573 e. The molecule has 0 saturated heterocycles. The van der Waals surface area contributed by atoms with Crippen molar-refractivity contribution in [1.29, 1.82) is 0 Å². The molecule has 4 nitrogen and oxygen atoms in total. The highest BCUT2D eigenvalue weighted by Gasteiger charge is 2.35. The zero-order chi connectivity index (χ0) is 18.1. The molecule has 2 aromatic rings. The molecule has 0 unspecified atom stereocenters. The van der Waals surface area contributed by atoms with Crippen molar-refractivity contribution < 1.29 is 30.7 Å². The molecule has 0 bridgehead atoms. The predicted molar refractivity (Wildman–Crippen MR) is 82.8 cm³/mol. The third-order valence-corrected chi connectivity index (χ3v) is 4.87. The zero-order valence-corrected chi connectivity index (χ0v) is 14.4. The molecule has 24 heavy (non-hydrogen) atoms. The van der Waals surface area contributed by atoms with Crippen molar-refractivity contribution in [2.75, 3.05) is 4.72 Å². The zero-order valence-electron chi connectivity index (χ0n) is 12.0. The van der Waals surface area contributed by atoms with Crippen LogP contribution in [0.25, 0.3) is 0 Å². The standard InChI is InChI=1S/C14H10BrF4NO3S/c1-8-2-4-9(5-3-8)24(21,22)20-12-10(15)6-7-11(16)13(12)23-14(17,18)19/h2-7,20H,1H3. The smallest absolute Gasteiger partial charge is 0.400 e. The van der Waals surface area contributed by atoms with Crippen LogP contribution in [0.5, 0.6) is 5.75 Å². The molecule has 0 aromatic heterocycles. The average molecular weight is 428 g/mol. The average Bonchev–Trinajstić information content (AvgIpc) is 2.46. The minimum atomic E-state index is -5.19. The molecule has 0 heterocycles. The molecule has 10 heteroatoms. The molecule has 2 rings (SSSR count). The molecule has 0 aliphatic rings. The van der Waals surface area contributed by atoms with Crippen molar-refractivity contribution in [3.63, 3.8) is 0 Å². The Morgan fingerprint density at radius 1 is 1.08 bits per heavy atom. The predicted octanol–water partition coefficient (Wildman–Crippen LogP) is 4.60. The van der Waals surface area contributed by atoms with Crippen LogP contribution in [-0.4, -0.2) is 14.8 Å². The number of nitrogens with one attached hydrogen (secondary N) is 1. The van der Waals surface area contributed by atoms with Crippen molar-refractivity contribution in [1.82, 2.24) is 0 Å². The van der Waals surface area contributed by atoms with Gasteiger partial charge in [0.2, 0.25) is 0 Å². The Morgan fingerprint density at radius 3 is 2.21 bits per heavy atom. The summed E-state index contributed by atoms with van der Waals surface area (Å²) >= 11 is 2.88. The van der Waals surface area contributed by atoms with Gasteiger partial charge in [-0.15, -0.1) is 13.2 Å². The Labute approximate surface area is 143 Å². The van der Waals surface area contributed by atoms with Gasteiger partial charge in [0.05, 0.1) is 4.90 Å². The molecule has 0 atom stereocenters. The number of halogens is 5. The minimum absolute atomic E-state index is 0.112. The van der Waals surface area contributed by atoms with Crippen LogP contribution >= 0.6 is 15.9 Å². The molecule has 0 fully saturated rings. The number of aryl methyl sites for hydroxylation is 1. The number of ether oxygens (including phenoxy) is 1. The van der Waals surface area contributed by atoms with Gasteiger partial charge in [0.15, 0.2) is 11.6 Å². The first kappa shape index (κ1) is 18.5. The number of alkyl halides is 3. The lowest BCUT2D eigenvalue weighted by atomic mass is 10.2. The first-order valence-electron chi connectivity index (χ1n) is 6.33. The van der Waals surface area contributed by atoms with Gasteiger partial charge >= 0.3 is 6.36 Å². The molecule has 1 N–H and O–H groups in total. The Morgan fingerprint density at radius 2 is 1.67 bits per heavy atom. The van der Waals surface area contributed by atoms with Crippen molar-refractivity contribution in [2.45, 2.75) is 18.2 Å². The third kappa shape index (κ3) is 4.38. The van der Waals surface area contributed by atoms with Crippen molar-refractivity contribution in [2.24, 2.45) is 0 Å². The van der Waals surface area contributed by atoms with Gasteiger partial charge in [-0.2, -0.15) is 0 Å². The van der Waals surface area contributed by atoms with E-state index in [-0.39, 0.29) is 9.37 Å². The molecule has 2 aromatic carbocycles. The van der Waals surface area contributed by atoms with Crippen molar-refractivity contribution in [3.8, 4) is 5.75 Å². The molecular formula is C14H10BrF4NO3S. The summed E-state index contributed by atoms with van der Waals surface area (Å²) in [6, 6.07) is 7.36. The van der Waals surface area contributed by atoms with E-state index in [0.717, 1.165) is 17.7 Å². The Balaban J connectivity index is 2.48. The van der Waals surface area contributed by atoms with E-state index in [1.54, 1.807) is 6.92 Å². The summed E-state index contributed by atoms with van der Waals surface area (Å²) in [6.07, 6.45) is -5.19. The highest BCUT2D eigenvalue weighted by molar-refractivity contribution is 9.10. The summed E-state index contributed by atoms with van der Waals surface area (Å²) in [5, 5.41) is 0. The van der Waals surface area contributed by atoms with Crippen LogP contribution in [0.1, 0.15) is 5.56 Å². The van der Waals surface area contributed by atoms with E-state index in [0.29, 0.717) is 0 Å². The fourth-order valence-corrected chi connectivity index (χ4v) is 3.38. The van der Waals surface area contributed by atoms with Gasteiger partial charge in [-0.3, -0.25) is 4.72 Å².